The van der Waals surface area contributed by atoms with Gasteiger partial charge in [-0.25, -0.2) is 22.2 Å². The topological polar surface area (TPSA) is 111 Å². The van der Waals surface area contributed by atoms with E-state index in [-0.39, 0.29) is 46.8 Å². The summed E-state index contributed by atoms with van der Waals surface area (Å²) in [7, 11) is -2.29. The molecule has 0 amide bonds. The van der Waals surface area contributed by atoms with Crippen LogP contribution in [0.4, 0.5) is 15.9 Å². The average Bonchev–Trinajstić information content (AvgIpc) is 3.68. The van der Waals surface area contributed by atoms with E-state index in [2.05, 4.69) is 10.4 Å². The molecule has 3 heterocycles. The van der Waals surface area contributed by atoms with Crippen LogP contribution in [-0.4, -0.2) is 39.4 Å². The lowest BCUT2D eigenvalue weighted by atomic mass is 10.0. The minimum Gasteiger partial charge on any atom is -0.497 e. The first-order chi connectivity index (χ1) is 20.5. The van der Waals surface area contributed by atoms with Crippen molar-refractivity contribution in [1.29, 1.82) is 0 Å². The van der Waals surface area contributed by atoms with Crippen LogP contribution in [0.2, 0.25) is 0 Å². The zero-order valence-electron chi connectivity index (χ0n) is 24.6. The van der Waals surface area contributed by atoms with Crippen LogP contribution >= 0.6 is 0 Å². The van der Waals surface area contributed by atoms with Crippen LogP contribution < -0.4 is 15.6 Å². The second kappa shape index (κ2) is 10.9. The van der Waals surface area contributed by atoms with Crippen molar-refractivity contribution in [2.45, 2.75) is 75.5 Å². The number of methoxy groups -OCH3 is 1. The number of sulfonamides is 1. The Balaban J connectivity index is 1.26. The molecule has 2 unspecified atom stereocenters. The van der Waals surface area contributed by atoms with Gasteiger partial charge in [-0.2, -0.15) is 14.5 Å². The van der Waals surface area contributed by atoms with Gasteiger partial charge in [0.25, 0.3) is 5.56 Å². The molecular weight excluding hydrogens is 571 g/mol. The fourth-order valence-corrected chi connectivity index (χ4v) is 7.60. The Labute approximate surface area is 250 Å². The molecule has 1 N–H and O–H groups in total. The number of hydrogen-bond acceptors (Lipinski definition) is 7. The first-order valence-electron chi connectivity index (χ1n) is 14.3. The van der Waals surface area contributed by atoms with Crippen molar-refractivity contribution >= 4 is 21.5 Å². The van der Waals surface area contributed by atoms with E-state index in [4.69, 9.17) is 9.84 Å². The van der Waals surface area contributed by atoms with Crippen LogP contribution in [0.5, 0.6) is 5.75 Å². The van der Waals surface area contributed by atoms with Crippen molar-refractivity contribution in [1.82, 2.24) is 23.9 Å². The minimum atomic E-state index is -3.85. The fourth-order valence-electron chi connectivity index (χ4n) is 5.99. The molecule has 2 aromatic heterocycles. The van der Waals surface area contributed by atoms with E-state index in [9.17, 15) is 13.2 Å². The smallest absolute Gasteiger partial charge is 0.266 e. The molecule has 4 aromatic rings. The molecule has 1 saturated carbocycles. The largest absolute Gasteiger partial charge is 0.497 e. The molecule has 12 heteroatoms. The molecule has 0 radical (unpaired) electrons. The highest BCUT2D eigenvalue weighted by Gasteiger charge is 2.38. The quantitative estimate of drug-likeness (QED) is 0.304. The van der Waals surface area contributed by atoms with Crippen molar-refractivity contribution in [2.24, 2.45) is 0 Å². The fraction of sp³-hybridized carbons (Fsp3) is 0.387. The van der Waals surface area contributed by atoms with E-state index in [1.165, 1.54) is 22.5 Å². The lowest BCUT2D eigenvalue weighted by Gasteiger charge is -2.23. The highest BCUT2D eigenvalue weighted by molar-refractivity contribution is 7.89. The number of ether oxygens (including phenoxy) is 1. The standard InChI is InChI=1S/C31H35FN6O4S/c1-31(2,3)38-28(17-26(35-38)21-9-10-22(16-21)37-29(39)6-5-15-33-37)34-25-13-14-27-24(30(25)32)19-36(43(27,40)41)18-20-7-11-23(42-4)12-8-20/h5-8,11-15,17,21-22,34H,9-10,16,18-19H2,1-4H3. The Morgan fingerprint density at radius 2 is 1.86 bits per heavy atom. The van der Waals surface area contributed by atoms with Crippen molar-refractivity contribution in [3.8, 4) is 5.75 Å². The molecule has 10 nitrogen and oxygen atoms in total. The number of aromatic nitrogens is 4. The van der Waals surface area contributed by atoms with Gasteiger partial charge in [0.1, 0.15) is 11.6 Å². The molecule has 1 aliphatic carbocycles. The van der Waals surface area contributed by atoms with Crippen LogP contribution in [0.3, 0.4) is 0 Å². The Bertz CT molecular complexity index is 1830. The number of fused-ring (bicyclic) bond motifs is 1. The maximum atomic E-state index is 16.0. The third-order valence-corrected chi connectivity index (χ3v) is 10.1. The van der Waals surface area contributed by atoms with Gasteiger partial charge < -0.3 is 10.1 Å². The molecule has 6 rings (SSSR count). The third kappa shape index (κ3) is 5.45. The number of nitrogens with zero attached hydrogens (tertiary/aromatic N) is 5. The van der Waals surface area contributed by atoms with Gasteiger partial charge in [0, 0.05) is 42.9 Å². The van der Waals surface area contributed by atoms with Gasteiger partial charge in [-0.15, -0.1) is 0 Å². The number of rotatable bonds is 7. The Morgan fingerprint density at radius 3 is 2.56 bits per heavy atom. The summed E-state index contributed by atoms with van der Waals surface area (Å²) < 4.78 is 52.4. The first kappa shape index (κ1) is 29.1. The van der Waals surface area contributed by atoms with E-state index in [0.29, 0.717) is 11.6 Å². The van der Waals surface area contributed by atoms with Gasteiger partial charge in [0.15, 0.2) is 5.82 Å². The molecule has 43 heavy (non-hydrogen) atoms. The van der Waals surface area contributed by atoms with Gasteiger partial charge in [-0.3, -0.25) is 4.79 Å². The summed E-state index contributed by atoms with van der Waals surface area (Å²) in [5.74, 6) is 0.796. The highest BCUT2D eigenvalue weighted by atomic mass is 32.2. The maximum Gasteiger partial charge on any atom is 0.266 e. The number of hydrogen-bond donors (Lipinski definition) is 1. The van der Waals surface area contributed by atoms with Gasteiger partial charge >= 0.3 is 0 Å². The van der Waals surface area contributed by atoms with Crippen LogP contribution in [0.25, 0.3) is 0 Å². The monoisotopic (exact) mass is 606 g/mol. The van der Waals surface area contributed by atoms with Crippen molar-refractivity contribution in [3.05, 3.63) is 93.8 Å². The summed E-state index contributed by atoms with van der Waals surface area (Å²) in [5.41, 5.74) is 1.43. The second-order valence-corrected chi connectivity index (χ2v) is 14.1. The van der Waals surface area contributed by atoms with E-state index in [1.54, 1.807) is 48.3 Å². The van der Waals surface area contributed by atoms with Crippen LogP contribution in [0.1, 0.15) is 68.8 Å². The molecule has 2 aromatic carbocycles. The van der Waals surface area contributed by atoms with Gasteiger partial charge in [-0.05, 0) is 75.9 Å². The van der Waals surface area contributed by atoms with Crippen LogP contribution in [0, 0.1) is 5.82 Å². The van der Waals surface area contributed by atoms with E-state index in [1.807, 2.05) is 31.5 Å². The summed E-state index contributed by atoms with van der Waals surface area (Å²) >= 11 is 0. The summed E-state index contributed by atoms with van der Waals surface area (Å²) in [4.78, 5) is 12.3. The predicted octanol–water partition coefficient (Wildman–Crippen LogP) is 5.30. The average molecular weight is 607 g/mol. The van der Waals surface area contributed by atoms with E-state index < -0.39 is 21.4 Å². The normalized spacial score (nSPS) is 19.8. The second-order valence-electron chi connectivity index (χ2n) is 12.2. The van der Waals surface area contributed by atoms with Crippen LogP contribution in [-0.2, 0) is 28.7 Å². The molecule has 0 bridgehead atoms. The zero-order chi connectivity index (χ0) is 30.5. The van der Waals surface area contributed by atoms with Gasteiger partial charge in [-0.1, -0.05) is 12.1 Å². The highest BCUT2D eigenvalue weighted by Crippen LogP contribution is 2.42. The molecule has 2 atom stereocenters. The molecular formula is C31H35FN6O4S. The molecule has 0 spiro atoms. The number of anilines is 2. The van der Waals surface area contributed by atoms with Crippen molar-refractivity contribution in [2.75, 3.05) is 12.4 Å². The Morgan fingerprint density at radius 1 is 1.09 bits per heavy atom. The molecule has 0 saturated heterocycles. The number of benzene rings is 2. The number of halogens is 1. The first-order valence-corrected chi connectivity index (χ1v) is 15.8. The SMILES string of the molecule is COc1ccc(CN2Cc3c(ccc(Nc4cc(C5CCC(n6ncccc6=O)C5)nn4C(C)(C)C)c3F)S2(=O)=O)cc1. The summed E-state index contributed by atoms with van der Waals surface area (Å²) in [6.45, 7) is 6.11. The van der Waals surface area contributed by atoms with E-state index >= 15 is 4.39 Å². The Hall–Kier alpha value is -4.03. The maximum absolute atomic E-state index is 16.0. The van der Waals surface area contributed by atoms with Gasteiger partial charge in [0.05, 0.1) is 35.0 Å². The van der Waals surface area contributed by atoms with E-state index in [0.717, 1.165) is 30.5 Å². The molecule has 1 fully saturated rings. The molecule has 1 aliphatic heterocycles. The zero-order valence-corrected chi connectivity index (χ0v) is 25.4. The van der Waals surface area contributed by atoms with Gasteiger partial charge in [0.2, 0.25) is 10.0 Å². The van der Waals surface area contributed by atoms with Crippen molar-refractivity contribution < 1.29 is 17.5 Å². The molecule has 2 aliphatic rings. The van der Waals surface area contributed by atoms with Crippen molar-refractivity contribution in [3.63, 3.8) is 0 Å². The summed E-state index contributed by atoms with van der Waals surface area (Å²) in [6.07, 6.45) is 4.02. The molecule has 226 valence electrons. The lowest BCUT2D eigenvalue weighted by Crippen LogP contribution is -2.25. The number of nitrogens with one attached hydrogen (secondary N) is 1. The van der Waals surface area contributed by atoms with Crippen LogP contribution in [0.15, 0.2) is 70.5 Å². The third-order valence-electron chi connectivity index (χ3n) is 8.21. The predicted molar refractivity (Wildman–Crippen MR) is 160 cm³/mol. The summed E-state index contributed by atoms with van der Waals surface area (Å²) in [6, 6.07) is 15.2. The lowest BCUT2D eigenvalue weighted by molar-refractivity contribution is 0.356. The summed E-state index contributed by atoms with van der Waals surface area (Å²) in [5, 5.41) is 12.4. The Kier molecular flexibility index (Phi) is 7.37. The minimum absolute atomic E-state index is 0.00754.